The van der Waals surface area contributed by atoms with Crippen molar-refractivity contribution in [2.75, 3.05) is 13.2 Å². The van der Waals surface area contributed by atoms with Crippen LogP contribution in [0.2, 0.25) is 6.04 Å². The summed E-state index contributed by atoms with van der Waals surface area (Å²) in [5.74, 6) is 2.01. The zero-order valence-corrected chi connectivity index (χ0v) is 15.4. The quantitative estimate of drug-likeness (QED) is 0.799. The molecule has 2 nitrogen and oxygen atoms in total. The fourth-order valence-electron chi connectivity index (χ4n) is 3.63. The lowest BCUT2D eigenvalue weighted by molar-refractivity contribution is -0.226. The predicted molar refractivity (Wildman–Crippen MR) is 89.8 cm³/mol. The molecule has 1 aliphatic heterocycles. The molecule has 0 unspecified atom stereocenters. The minimum absolute atomic E-state index is 0.0773. The van der Waals surface area contributed by atoms with E-state index < -0.39 is 0 Å². The van der Waals surface area contributed by atoms with Gasteiger partial charge in [-0.2, -0.15) is 0 Å². The zero-order valence-electron chi connectivity index (χ0n) is 13.4. The normalized spacial score (nSPS) is 34.0. The Hall–Kier alpha value is -0.643. The highest BCUT2D eigenvalue weighted by atomic mass is 28.1. The third-order valence-corrected chi connectivity index (χ3v) is 6.43. The molecule has 3 rings (SSSR count). The van der Waals surface area contributed by atoms with Gasteiger partial charge in [-0.15, -0.1) is 0 Å². The average Bonchev–Trinajstić information content (AvgIpc) is 2.56. The molecule has 1 aromatic carbocycles. The van der Waals surface area contributed by atoms with Gasteiger partial charge in [-0.05, 0) is 44.1 Å². The molecular weight excluding hydrogens is 276 g/mol. The first-order valence-electron chi connectivity index (χ1n) is 8.56. The van der Waals surface area contributed by atoms with Gasteiger partial charge in [0.25, 0.3) is 0 Å². The van der Waals surface area contributed by atoms with Crippen LogP contribution in [0.1, 0.15) is 42.7 Å². The van der Waals surface area contributed by atoms with Crippen molar-refractivity contribution in [2.45, 2.75) is 50.9 Å². The number of hydrogen-bond donors (Lipinski definition) is 0. The van der Waals surface area contributed by atoms with Gasteiger partial charge >= 0.3 is 0 Å². The first-order chi connectivity index (χ1) is 10.3. The molecule has 3 heteroatoms. The Labute approximate surface area is 131 Å². The number of ether oxygens (including phenoxy) is 2. The molecule has 0 amide bonds. The zero-order chi connectivity index (χ0) is 14.7. The van der Waals surface area contributed by atoms with E-state index in [0.717, 1.165) is 19.1 Å². The topological polar surface area (TPSA) is 18.5 Å². The second-order valence-electron chi connectivity index (χ2n) is 6.83. The van der Waals surface area contributed by atoms with Crippen LogP contribution >= 0.6 is 0 Å². The summed E-state index contributed by atoms with van der Waals surface area (Å²) in [5, 5.41) is 0. The van der Waals surface area contributed by atoms with Crippen molar-refractivity contribution < 1.29 is 9.47 Å². The molecule has 2 aliphatic rings. The van der Waals surface area contributed by atoms with E-state index in [1.807, 2.05) is 0 Å². The maximum Gasteiger partial charge on any atom is 0.160 e. The Balaban J connectivity index is 1.50. The average molecular weight is 305 g/mol. The molecule has 116 valence electrons. The second-order valence-corrected chi connectivity index (χ2v) is 7.65. The van der Waals surface area contributed by atoms with E-state index in [2.05, 4.69) is 31.2 Å². The van der Waals surface area contributed by atoms with Crippen LogP contribution < -0.4 is 0 Å². The van der Waals surface area contributed by atoms with Crippen molar-refractivity contribution >= 4 is 10.2 Å². The van der Waals surface area contributed by atoms with E-state index in [1.165, 1.54) is 53.1 Å². The van der Waals surface area contributed by atoms with Gasteiger partial charge in [0.05, 0.1) is 13.2 Å². The fraction of sp³-hybridized carbons (Fsp3) is 0.667. The Bertz CT molecular complexity index is 429. The molecule has 0 N–H and O–H groups in total. The Morgan fingerprint density at radius 2 is 1.62 bits per heavy atom. The maximum atomic E-state index is 5.98. The predicted octanol–water partition coefficient (Wildman–Crippen LogP) is 3.04. The Morgan fingerprint density at radius 1 is 1.00 bits per heavy atom. The van der Waals surface area contributed by atoms with Gasteiger partial charge in [0.2, 0.25) is 0 Å². The summed E-state index contributed by atoms with van der Waals surface area (Å²) in [6, 6.07) is 10.4. The highest BCUT2D eigenvalue weighted by Gasteiger charge is 2.32. The van der Waals surface area contributed by atoms with Crippen LogP contribution in [0, 0.1) is 18.8 Å². The summed E-state index contributed by atoms with van der Waals surface area (Å²) in [6.45, 7) is 4.00. The number of benzene rings is 1. The Kier molecular flexibility index (Phi) is 5.14. The van der Waals surface area contributed by atoms with Gasteiger partial charge in [-0.3, -0.25) is 0 Å². The van der Waals surface area contributed by atoms with Crippen molar-refractivity contribution in [3.05, 3.63) is 35.4 Å². The van der Waals surface area contributed by atoms with Crippen molar-refractivity contribution in [1.82, 2.24) is 0 Å². The van der Waals surface area contributed by atoms with Gasteiger partial charge < -0.3 is 9.47 Å². The first kappa shape index (κ1) is 15.3. The molecule has 1 aliphatic carbocycles. The van der Waals surface area contributed by atoms with Crippen molar-refractivity contribution in [3.63, 3.8) is 0 Å². The molecule has 0 radical (unpaired) electrons. The SMILES string of the molecule is Cc1ccc(C2CCC(C3OCC(C[SiH3])CO3)CC2)cc1. The maximum absolute atomic E-state index is 5.98. The minimum atomic E-state index is 0.0773. The van der Waals surface area contributed by atoms with Crippen LogP contribution in [0.4, 0.5) is 0 Å². The summed E-state index contributed by atoms with van der Waals surface area (Å²) in [6.07, 6.45) is 5.12. The van der Waals surface area contributed by atoms with E-state index in [9.17, 15) is 0 Å². The van der Waals surface area contributed by atoms with Crippen LogP contribution in [0.5, 0.6) is 0 Å². The first-order valence-corrected chi connectivity index (χ1v) is 9.97. The molecule has 1 saturated heterocycles. The van der Waals surface area contributed by atoms with Crippen LogP contribution in [0.25, 0.3) is 0 Å². The summed E-state index contributed by atoms with van der Waals surface area (Å²) >= 11 is 0. The van der Waals surface area contributed by atoms with Gasteiger partial charge in [0.15, 0.2) is 6.29 Å². The lowest BCUT2D eigenvalue weighted by Crippen LogP contribution is -2.38. The molecule has 0 aromatic heterocycles. The number of rotatable bonds is 3. The summed E-state index contributed by atoms with van der Waals surface area (Å²) in [7, 11) is 1.26. The molecule has 0 spiro atoms. The van der Waals surface area contributed by atoms with Crippen LogP contribution in [0.15, 0.2) is 24.3 Å². The molecule has 0 atom stereocenters. The molecular formula is C18H28O2Si. The molecule has 1 saturated carbocycles. The third kappa shape index (κ3) is 3.76. The molecule has 1 heterocycles. The second kappa shape index (κ2) is 7.08. The lowest BCUT2D eigenvalue weighted by Gasteiger charge is -2.37. The van der Waals surface area contributed by atoms with E-state index in [0.29, 0.717) is 11.8 Å². The van der Waals surface area contributed by atoms with E-state index in [-0.39, 0.29) is 6.29 Å². The summed E-state index contributed by atoms with van der Waals surface area (Å²) in [4.78, 5) is 0. The van der Waals surface area contributed by atoms with E-state index >= 15 is 0 Å². The largest absolute Gasteiger partial charge is 0.352 e. The van der Waals surface area contributed by atoms with E-state index in [1.54, 1.807) is 0 Å². The van der Waals surface area contributed by atoms with Crippen LogP contribution in [-0.4, -0.2) is 29.7 Å². The Morgan fingerprint density at radius 3 is 2.19 bits per heavy atom. The molecule has 1 aromatic rings. The highest BCUT2D eigenvalue weighted by molar-refractivity contribution is 6.08. The van der Waals surface area contributed by atoms with Crippen molar-refractivity contribution in [1.29, 1.82) is 0 Å². The molecule has 2 fully saturated rings. The fourth-order valence-corrected chi connectivity index (χ4v) is 4.10. The van der Waals surface area contributed by atoms with Crippen LogP contribution in [-0.2, 0) is 9.47 Å². The highest BCUT2D eigenvalue weighted by Crippen LogP contribution is 2.38. The van der Waals surface area contributed by atoms with Gasteiger partial charge in [0.1, 0.15) is 0 Å². The monoisotopic (exact) mass is 304 g/mol. The van der Waals surface area contributed by atoms with Crippen LogP contribution in [0.3, 0.4) is 0 Å². The van der Waals surface area contributed by atoms with E-state index in [4.69, 9.17) is 9.47 Å². The molecule has 0 bridgehead atoms. The smallest absolute Gasteiger partial charge is 0.160 e. The number of aryl methyl sites for hydroxylation is 1. The minimum Gasteiger partial charge on any atom is -0.352 e. The number of hydrogen-bond acceptors (Lipinski definition) is 2. The third-order valence-electron chi connectivity index (χ3n) is 5.28. The van der Waals surface area contributed by atoms with Crippen molar-refractivity contribution in [2.24, 2.45) is 11.8 Å². The lowest BCUT2D eigenvalue weighted by atomic mass is 9.78. The summed E-state index contributed by atoms with van der Waals surface area (Å²) in [5.41, 5.74) is 2.87. The van der Waals surface area contributed by atoms with Crippen molar-refractivity contribution in [3.8, 4) is 0 Å². The summed E-state index contributed by atoms with van der Waals surface area (Å²) < 4.78 is 12.0. The standard InChI is InChI=1S/C18H28O2Si/c1-13-2-4-15(5-3-13)16-6-8-17(9-7-16)18-19-10-14(12-21)11-20-18/h2-5,14,16-18H,6-12H2,1,21H3. The van der Waals surface area contributed by atoms with Gasteiger partial charge in [-0.25, -0.2) is 0 Å². The van der Waals surface area contributed by atoms with Gasteiger partial charge in [0, 0.05) is 22.1 Å². The molecule has 21 heavy (non-hydrogen) atoms. The van der Waals surface area contributed by atoms with Gasteiger partial charge in [-0.1, -0.05) is 35.9 Å².